The number of benzene rings is 1. The molecule has 1 aromatic carbocycles. The van der Waals surface area contributed by atoms with E-state index < -0.39 is 17.3 Å². The molecule has 1 saturated heterocycles. The largest absolute Gasteiger partial charge is 0.418 e. The van der Waals surface area contributed by atoms with Crippen molar-refractivity contribution in [3.8, 4) is 28.6 Å². The molecule has 4 aromatic rings. The van der Waals surface area contributed by atoms with Crippen molar-refractivity contribution < 1.29 is 13.2 Å². The monoisotopic (exact) mass is 463 g/mol. The topological polar surface area (TPSA) is 108 Å². The molecule has 3 N–H and O–H groups in total. The van der Waals surface area contributed by atoms with Crippen LogP contribution in [0.2, 0.25) is 0 Å². The van der Waals surface area contributed by atoms with Crippen LogP contribution in [-0.2, 0) is 6.18 Å². The quantitative estimate of drug-likeness (QED) is 0.463. The molecule has 0 saturated carbocycles. The fourth-order valence-corrected chi connectivity index (χ4v) is 4.40. The third kappa shape index (κ3) is 3.84. The number of halogens is 3. The van der Waals surface area contributed by atoms with E-state index in [9.17, 15) is 18.4 Å². The highest BCUT2D eigenvalue weighted by Crippen LogP contribution is 2.42. The van der Waals surface area contributed by atoms with Gasteiger partial charge in [-0.05, 0) is 43.2 Å². The highest BCUT2D eigenvalue weighted by atomic mass is 19.4. The summed E-state index contributed by atoms with van der Waals surface area (Å²) in [5, 5.41) is 9.30. The maximum absolute atomic E-state index is 13.6. The second kappa shape index (κ2) is 7.81. The van der Waals surface area contributed by atoms with Gasteiger partial charge < -0.3 is 15.6 Å². The van der Waals surface area contributed by atoms with Gasteiger partial charge in [0.2, 0.25) is 0 Å². The van der Waals surface area contributed by atoms with Crippen LogP contribution in [-0.4, -0.2) is 38.6 Å². The number of nitrogens with zero attached hydrogens (tertiary/aromatic N) is 5. The second-order valence-electron chi connectivity index (χ2n) is 8.74. The minimum Gasteiger partial charge on any atom is -0.368 e. The van der Waals surface area contributed by atoms with Gasteiger partial charge in [-0.25, -0.2) is 9.97 Å². The standard InChI is InChI=1S/C24H20F3N7/c1-23(29)6-8-34(13-23)21-16(14-5-7-31-15(9-14)10-28)11-30-12-17(21)22-32-19-4-2-3-18(20(19)33-22)24(25,26)27/h2-5,7,9,11-12H,6,8,13,29H2,1H3,(H,32,33). The third-order valence-electron chi connectivity index (χ3n) is 6.00. The summed E-state index contributed by atoms with van der Waals surface area (Å²) >= 11 is 0. The molecule has 172 valence electrons. The number of anilines is 1. The van der Waals surface area contributed by atoms with Gasteiger partial charge in [0.15, 0.2) is 0 Å². The number of nitrogens with two attached hydrogens (primary N) is 1. The molecule has 3 aromatic heterocycles. The molecule has 0 aliphatic carbocycles. The molecule has 7 nitrogen and oxygen atoms in total. The van der Waals surface area contributed by atoms with Gasteiger partial charge in [0.25, 0.3) is 0 Å². The number of imidazole rings is 1. The summed E-state index contributed by atoms with van der Waals surface area (Å²) < 4.78 is 40.7. The summed E-state index contributed by atoms with van der Waals surface area (Å²) in [5.41, 5.74) is 8.27. The summed E-state index contributed by atoms with van der Waals surface area (Å²) in [7, 11) is 0. The van der Waals surface area contributed by atoms with E-state index in [0.29, 0.717) is 29.8 Å². The van der Waals surface area contributed by atoms with Crippen LogP contribution in [0.3, 0.4) is 0 Å². The zero-order valence-electron chi connectivity index (χ0n) is 18.2. The Hall–Kier alpha value is -3.97. The van der Waals surface area contributed by atoms with Crippen LogP contribution in [0.25, 0.3) is 33.5 Å². The van der Waals surface area contributed by atoms with Crippen LogP contribution in [0.1, 0.15) is 24.6 Å². The molecule has 0 bridgehead atoms. The molecule has 1 atom stereocenters. The fraction of sp³-hybridized carbons (Fsp3) is 0.250. The van der Waals surface area contributed by atoms with E-state index in [0.717, 1.165) is 18.2 Å². The number of alkyl halides is 3. The molecule has 4 heterocycles. The highest BCUT2D eigenvalue weighted by Gasteiger charge is 2.35. The van der Waals surface area contributed by atoms with Gasteiger partial charge in [-0.2, -0.15) is 18.4 Å². The predicted molar refractivity (Wildman–Crippen MR) is 122 cm³/mol. The normalized spacial score (nSPS) is 18.4. The first-order chi connectivity index (χ1) is 16.2. The van der Waals surface area contributed by atoms with E-state index in [2.05, 4.69) is 24.8 Å². The van der Waals surface area contributed by atoms with Gasteiger partial charge in [0.1, 0.15) is 23.1 Å². The number of pyridine rings is 2. The van der Waals surface area contributed by atoms with Crippen molar-refractivity contribution in [2.24, 2.45) is 5.73 Å². The van der Waals surface area contributed by atoms with Crippen molar-refractivity contribution in [2.75, 3.05) is 18.0 Å². The van der Waals surface area contributed by atoms with Gasteiger partial charge in [-0.3, -0.25) is 4.98 Å². The lowest BCUT2D eigenvalue weighted by molar-refractivity contribution is -0.136. The number of para-hydroxylation sites is 1. The van der Waals surface area contributed by atoms with Gasteiger partial charge in [0.05, 0.1) is 22.3 Å². The van der Waals surface area contributed by atoms with E-state index in [1.54, 1.807) is 30.6 Å². The molecular formula is C24H20F3N7. The maximum Gasteiger partial charge on any atom is 0.418 e. The molecule has 1 aliphatic rings. The third-order valence-corrected chi connectivity index (χ3v) is 6.00. The van der Waals surface area contributed by atoms with E-state index in [4.69, 9.17) is 5.73 Å². The second-order valence-corrected chi connectivity index (χ2v) is 8.74. The summed E-state index contributed by atoms with van der Waals surface area (Å²) in [6.07, 6.45) is 1.01. The number of fused-ring (bicyclic) bond motifs is 1. The Morgan fingerprint density at radius 3 is 2.71 bits per heavy atom. The molecule has 5 rings (SSSR count). The summed E-state index contributed by atoms with van der Waals surface area (Å²) in [6, 6.07) is 9.39. The van der Waals surface area contributed by atoms with Crippen molar-refractivity contribution in [3.63, 3.8) is 0 Å². The Morgan fingerprint density at radius 1 is 1.21 bits per heavy atom. The van der Waals surface area contributed by atoms with E-state index in [-0.39, 0.29) is 22.6 Å². The predicted octanol–water partition coefficient (Wildman–Crippen LogP) is 4.50. The number of hydrogen-bond acceptors (Lipinski definition) is 6. The first-order valence-electron chi connectivity index (χ1n) is 10.6. The summed E-state index contributed by atoms with van der Waals surface area (Å²) in [6.45, 7) is 3.16. The minimum absolute atomic E-state index is 0.151. The lowest BCUT2D eigenvalue weighted by atomic mass is 10.0. The number of nitriles is 1. The van der Waals surface area contributed by atoms with Crippen molar-refractivity contribution in [2.45, 2.75) is 25.1 Å². The first kappa shape index (κ1) is 21.9. The van der Waals surface area contributed by atoms with E-state index in [1.165, 1.54) is 12.3 Å². The number of aromatic nitrogens is 4. The molecule has 34 heavy (non-hydrogen) atoms. The smallest absolute Gasteiger partial charge is 0.368 e. The Labute approximate surface area is 193 Å². The van der Waals surface area contributed by atoms with Gasteiger partial charge in [-0.15, -0.1) is 0 Å². The summed E-state index contributed by atoms with van der Waals surface area (Å²) in [4.78, 5) is 17.9. The molecule has 0 amide bonds. The van der Waals surface area contributed by atoms with Crippen molar-refractivity contribution in [1.29, 1.82) is 5.26 Å². The van der Waals surface area contributed by atoms with Gasteiger partial charge >= 0.3 is 6.18 Å². The minimum atomic E-state index is -4.53. The number of aromatic amines is 1. The zero-order chi connectivity index (χ0) is 24.1. The molecule has 0 radical (unpaired) electrons. The Balaban J connectivity index is 1.74. The van der Waals surface area contributed by atoms with Gasteiger partial charge in [0, 0.05) is 42.8 Å². The van der Waals surface area contributed by atoms with E-state index >= 15 is 0 Å². The molecule has 1 fully saturated rings. The Morgan fingerprint density at radius 2 is 2.00 bits per heavy atom. The van der Waals surface area contributed by atoms with Crippen LogP contribution in [0.4, 0.5) is 18.9 Å². The number of nitrogens with one attached hydrogen (secondary N) is 1. The Kier molecular flexibility index (Phi) is 5.02. The average molecular weight is 463 g/mol. The molecule has 10 heteroatoms. The number of H-pyrrole nitrogens is 1. The maximum atomic E-state index is 13.6. The van der Waals surface area contributed by atoms with Crippen LogP contribution in [0.15, 0.2) is 48.9 Å². The molecule has 1 aliphatic heterocycles. The number of hydrogen-bond donors (Lipinski definition) is 2. The van der Waals surface area contributed by atoms with Crippen molar-refractivity contribution in [3.05, 3.63) is 60.2 Å². The zero-order valence-corrected chi connectivity index (χ0v) is 18.2. The lowest BCUT2D eigenvalue weighted by Gasteiger charge is -2.26. The van der Waals surface area contributed by atoms with Crippen molar-refractivity contribution in [1.82, 2.24) is 19.9 Å². The lowest BCUT2D eigenvalue weighted by Crippen LogP contribution is -2.39. The van der Waals surface area contributed by atoms with Crippen LogP contribution in [0.5, 0.6) is 0 Å². The first-order valence-corrected chi connectivity index (χ1v) is 10.6. The van der Waals surface area contributed by atoms with Crippen LogP contribution in [0, 0.1) is 11.3 Å². The SMILES string of the molecule is CC1(N)CCN(c2c(-c3ccnc(C#N)c3)cncc2-c2nc3c(C(F)(F)F)cccc3[nH]2)C1. The van der Waals surface area contributed by atoms with Crippen LogP contribution >= 0.6 is 0 Å². The highest BCUT2D eigenvalue weighted by molar-refractivity contribution is 5.91. The fourth-order valence-electron chi connectivity index (χ4n) is 4.40. The van der Waals surface area contributed by atoms with Gasteiger partial charge in [-0.1, -0.05) is 6.07 Å². The Bertz CT molecular complexity index is 1430. The summed E-state index contributed by atoms with van der Waals surface area (Å²) in [5.74, 6) is 0.274. The number of rotatable bonds is 3. The van der Waals surface area contributed by atoms with Crippen molar-refractivity contribution >= 4 is 16.7 Å². The van der Waals surface area contributed by atoms with Crippen LogP contribution < -0.4 is 10.6 Å². The molecular weight excluding hydrogens is 443 g/mol. The molecule has 0 spiro atoms. The molecule has 1 unspecified atom stereocenters. The average Bonchev–Trinajstić information content (AvgIpc) is 3.40. The van der Waals surface area contributed by atoms with E-state index in [1.807, 2.05) is 13.0 Å².